The van der Waals surface area contributed by atoms with Crippen molar-refractivity contribution in [3.8, 4) is 5.75 Å². The van der Waals surface area contributed by atoms with Crippen LogP contribution in [0.4, 0.5) is 0 Å². The van der Waals surface area contributed by atoms with Crippen LogP contribution in [0, 0.1) is 0 Å². The summed E-state index contributed by atoms with van der Waals surface area (Å²) in [6.45, 7) is 7.41. The zero-order valence-corrected chi connectivity index (χ0v) is 11.2. The Morgan fingerprint density at radius 1 is 1.27 bits per heavy atom. The highest BCUT2D eigenvalue weighted by Crippen LogP contribution is 2.29. The first-order chi connectivity index (χ1) is 7.22. The maximum atomic E-state index is 5.39. The van der Waals surface area contributed by atoms with Gasteiger partial charge in [0.1, 0.15) is 5.75 Å². The zero-order chi connectivity index (χ0) is 11.3. The summed E-state index contributed by atoms with van der Waals surface area (Å²) in [4.78, 5) is 2.37. The molecule has 3 heteroatoms. The first kappa shape index (κ1) is 12.5. The highest BCUT2D eigenvalue weighted by atomic mass is 79.9. The average Bonchev–Trinajstić information content (AvgIpc) is 2.26. The molecular weight excluding hydrogens is 254 g/mol. The van der Waals surface area contributed by atoms with Crippen LogP contribution in [0.1, 0.15) is 19.4 Å². The fourth-order valence-electron chi connectivity index (χ4n) is 1.59. The van der Waals surface area contributed by atoms with E-state index in [0.717, 1.165) is 29.9 Å². The van der Waals surface area contributed by atoms with Gasteiger partial charge in [0.2, 0.25) is 0 Å². The largest absolute Gasteiger partial charge is 0.495 e. The van der Waals surface area contributed by atoms with E-state index in [1.807, 2.05) is 12.1 Å². The molecule has 2 nitrogen and oxygen atoms in total. The SMILES string of the molecule is CCN(CC)Cc1cccc(Br)c1OC. The molecule has 0 saturated carbocycles. The van der Waals surface area contributed by atoms with Gasteiger partial charge in [-0.3, -0.25) is 4.90 Å². The molecule has 0 heterocycles. The molecule has 0 amide bonds. The Labute approximate surface area is 100 Å². The topological polar surface area (TPSA) is 12.5 Å². The molecule has 0 N–H and O–H groups in total. The van der Waals surface area contributed by atoms with E-state index < -0.39 is 0 Å². The molecular formula is C12H18BrNO. The Morgan fingerprint density at radius 2 is 1.93 bits per heavy atom. The van der Waals surface area contributed by atoms with Gasteiger partial charge < -0.3 is 4.74 Å². The molecule has 0 saturated heterocycles. The number of benzene rings is 1. The summed E-state index contributed by atoms with van der Waals surface area (Å²) >= 11 is 3.50. The summed E-state index contributed by atoms with van der Waals surface area (Å²) in [5.74, 6) is 0.949. The molecule has 84 valence electrons. The second-order valence-corrected chi connectivity index (χ2v) is 4.25. The lowest BCUT2D eigenvalue weighted by Gasteiger charge is -2.20. The molecule has 1 aromatic rings. The van der Waals surface area contributed by atoms with Crippen LogP contribution in [0.5, 0.6) is 5.75 Å². The summed E-state index contributed by atoms with van der Waals surface area (Å²) in [5.41, 5.74) is 1.23. The number of hydrogen-bond acceptors (Lipinski definition) is 2. The fourth-order valence-corrected chi connectivity index (χ4v) is 2.16. The zero-order valence-electron chi connectivity index (χ0n) is 9.59. The van der Waals surface area contributed by atoms with Gasteiger partial charge in [0.25, 0.3) is 0 Å². The summed E-state index contributed by atoms with van der Waals surface area (Å²) in [6, 6.07) is 6.16. The molecule has 1 rings (SSSR count). The molecule has 0 fully saturated rings. The van der Waals surface area contributed by atoms with Crippen molar-refractivity contribution < 1.29 is 4.74 Å². The van der Waals surface area contributed by atoms with Crippen LogP contribution in [0.3, 0.4) is 0 Å². The van der Waals surface area contributed by atoms with Gasteiger partial charge in [-0.1, -0.05) is 26.0 Å². The van der Waals surface area contributed by atoms with Crippen molar-refractivity contribution in [2.45, 2.75) is 20.4 Å². The van der Waals surface area contributed by atoms with Gasteiger partial charge in [-0.15, -0.1) is 0 Å². The van der Waals surface area contributed by atoms with Gasteiger partial charge in [-0.25, -0.2) is 0 Å². The fraction of sp³-hybridized carbons (Fsp3) is 0.500. The predicted molar refractivity (Wildman–Crippen MR) is 67.3 cm³/mol. The Morgan fingerprint density at radius 3 is 2.47 bits per heavy atom. The van der Waals surface area contributed by atoms with Crippen LogP contribution >= 0.6 is 15.9 Å². The predicted octanol–water partition coefficient (Wildman–Crippen LogP) is 3.30. The van der Waals surface area contributed by atoms with Crippen LogP contribution in [0.15, 0.2) is 22.7 Å². The summed E-state index contributed by atoms with van der Waals surface area (Å²) in [6.07, 6.45) is 0. The third-order valence-electron chi connectivity index (χ3n) is 2.54. The Balaban J connectivity index is 2.88. The third kappa shape index (κ3) is 3.21. The number of nitrogens with zero attached hydrogens (tertiary/aromatic N) is 1. The second-order valence-electron chi connectivity index (χ2n) is 3.39. The lowest BCUT2D eigenvalue weighted by Crippen LogP contribution is -2.22. The van der Waals surface area contributed by atoms with Crippen LogP contribution in [0.2, 0.25) is 0 Å². The highest BCUT2D eigenvalue weighted by Gasteiger charge is 2.09. The summed E-state index contributed by atoms with van der Waals surface area (Å²) < 4.78 is 6.42. The summed E-state index contributed by atoms with van der Waals surface area (Å²) in [5, 5.41) is 0. The van der Waals surface area contributed by atoms with Gasteiger partial charge in [-0.05, 0) is 35.1 Å². The number of ether oxygens (including phenoxy) is 1. The van der Waals surface area contributed by atoms with E-state index in [0.29, 0.717) is 0 Å². The Hall–Kier alpha value is -0.540. The van der Waals surface area contributed by atoms with Crippen molar-refractivity contribution in [1.29, 1.82) is 0 Å². The van der Waals surface area contributed by atoms with E-state index in [2.05, 4.69) is 40.7 Å². The van der Waals surface area contributed by atoms with Crippen molar-refractivity contribution >= 4 is 15.9 Å². The van der Waals surface area contributed by atoms with Crippen molar-refractivity contribution in [1.82, 2.24) is 4.90 Å². The Kier molecular flexibility index (Phi) is 5.12. The smallest absolute Gasteiger partial charge is 0.137 e. The first-order valence-corrected chi connectivity index (χ1v) is 6.05. The van der Waals surface area contributed by atoms with Crippen molar-refractivity contribution in [3.05, 3.63) is 28.2 Å². The van der Waals surface area contributed by atoms with Gasteiger partial charge in [-0.2, -0.15) is 0 Å². The Bertz CT molecular complexity index is 310. The van der Waals surface area contributed by atoms with E-state index >= 15 is 0 Å². The molecule has 0 aliphatic rings. The number of halogens is 1. The van der Waals surface area contributed by atoms with Crippen molar-refractivity contribution in [2.75, 3.05) is 20.2 Å². The van der Waals surface area contributed by atoms with Crippen LogP contribution in [0.25, 0.3) is 0 Å². The van der Waals surface area contributed by atoms with E-state index in [9.17, 15) is 0 Å². The van der Waals surface area contributed by atoms with E-state index in [-0.39, 0.29) is 0 Å². The van der Waals surface area contributed by atoms with Crippen LogP contribution in [-0.4, -0.2) is 25.1 Å². The molecule has 0 unspecified atom stereocenters. The number of methoxy groups -OCH3 is 1. The molecule has 0 aliphatic heterocycles. The molecule has 0 bridgehead atoms. The molecule has 0 aromatic heterocycles. The molecule has 0 atom stereocenters. The maximum absolute atomic E-state index is 5.39. The highest BCUT2D eigenvalue weighted by molar-refractivity contribution is 9.10. The van der Waals surface area contributed by atoms with E-state index in [1.165, 1.54) is 5.56 Å². The molecule has 0 radical (unpaired) electrons. The van der Waals surface area contributed by atoms with Crippen molar-refractivity contribution in [2.24, 2.45) is 0 Å². The number of para-hydroxylation sites is 1. The van der Waals surface area contributed by atoms with Gasteiger partial charge in [0, 0.05) is 12.1 Å². The summed E-state index contributed by atoms with van der Waals surface area (Å²) in [7, 11) is 1.71. The van der Waals surface area contributed by atoms with Gasteiger partial charge in [0.15, 0.2) is 0 Å². The lowest BCUT2D eigenvalue weighted by atomic mass is 10.2. The minimum absolute atomic E-state index is 0.940. The van der Waals surface area contributed by atoms with Gasteiger partial charge >= 0.3 is 0 Å². The quantitative estimate of drug-likeness (QED) is 0.815. The number of hydrogen-bond donors (Lipinski definition) is 0. The third-order valence-corrected chi connectivity index (χ3v) is 3.17. The number of rotatable bonds is 5. The standard InChI is InChI=1S/C12H18BrNO/c1-4-14(5-2)9-10-7-6-8-11(13)12(10)15-3/h6-8H,4-5,9H2,1-3H3. The van der Waals surface area contributed by atoms with Crippen LogP contribution in [-0.2, 0) is 6.54 Å². The van der Waals surface area contributed by atoms with Crippen LogP contribution < -0.4 is 4.74 Å². The molecule has 0 aliphatic carbocycles. The molecule has 15 heavy (non-hydrogen) atoms. The minimum atomic E-state index is 0.940. The second kappa shape index (κ2) is 6.13. The van der Waals surface area contributed by atoms with Gasteiger partial charge in [0.05, 0.1) is 11.6 Å². The maximum Gasteiger partial charge on any atom is 0.137 e. The van der Waals surface area contributed by atoms with Crippen molar-refractivity contribution in [3.63, 3.8) is 0 Å². The lowest BCUT2D eigenvalue weighted by molar-refractivity contribution is 0.289. The molecule has 1 aromatic carbocycles. The normalized spacial score (nSPS) is 10.7. The average molecular weight is 272 g/mol. The van der Waals surface area contributed by atoms with E-state index in [1.54, 1.807) is 7.11 Å². The first-order valence-electron chi connectivity index (χ1n) is 5.26. The molecule has 0 spiro atoms. The monoisotopic (exact) mass is 271 g/mol. The minimum Gasteiger partial charge on any atom is -0.495 e. The van der Waals surface area contributed by atoms with E-state index in [4.69, 9.17) is 4.74 Å².